The van der Waals surface area contributed by atoms with Crippen molar-refractivity contribution in [3.8, 4) is 0 Å². The van der Waals surface area contributed by atoms with Crippen molar-refractivity contribution < 1.29 is 14.7 Å². The lowest BCUT2D eigenvalue weighted by molar-refractivity contribution is -0.136. The van der Waals surface area contributed by atoms with Gasteiger partial charge in [-0.1, -0.05) is 24.3 Å². The number of amides is 2. The summed E-state index contributed by atoms with van der Waals surface area (Å²) in [6.45, 7) is 7.23. The Morgan fingerprint density at radius 2 is 2.08 bits per heavy atom. The van der Waals surface area contributed by atoms with Crippen LogP contribution < -0.4 is 5.73 Å². The van der Waals surface area contributed by atoms with Crippen LogP contribution in [0.2, 0.25) is 0 Å². The van der Waals surface area contributed by atoms with Gasteiger partial charge in [-0.25, -0.2) is 4.85 Å². The third kappa shape index (κ3) is 3.42. The van der Waals surface area contributed by atoms with Gasteiger partial charge in [0, 0.05) is 0 Å². The topological polar surface area (TPSA) is 106 Å². The maximum absolute atomic E-state index is 12.8. The number of aromatic nitrogens is 2. The SMILES string of the molecule is [C-]#[N+]c1ccc(CC(=O)N2Cc3c(C(N)=O)c(I)nn3CC2CO)cc1. The number of rotatable bonds is 4. The zero-order valence-electron chi connectivity index (χ0n) is 13.7. The molecule has 2 heterocycles. The maximum Gasteiger partial charge on any atom is 0.253 e. The summed E-state index contributed by atoms with van der Waals surface area (Å²) in [6, 6.07) is 6.39. The number of carbonyl (C=O) groups excluding carboxylic acids is 2. The highest BCUT2D eigenvalue weighted by Gasteiger charge is 2.33. The highest BCUT2D eigenvalue weighted by Crippen LogP contribution is 2.25. The maximum atomic E-state index is 12.8. The molecule has 0 fully saturated rings. The van der Waals surface area contributed by atoms with Gasteiger partial charge >= 0.3 is 0 Å². The minimum absolute atomic E-state index is 0.145. The van der Waals surface area contributed by atoms with Crippen LogP contribution >= 0.6 is 22.6 Å². The van der Waals surface area contributed by atoms with Gasteiger partial charge in [0.05, 0.1) is 50.0 Å². The Kier molecular flexibility index (Phi) is 5.24. The van der Waals surface area contributed by atoms with E-state index < -0.39 is 11.9 Å². The summed E-state index contributed by atoms with van der Waals surface area (Å²) in [6.07, 6.45) is 0.145. The first-order valence-corrected chi connectivity index (χ1v) is 8.94. The van der Waals surface area contributed by atoms with Crippen molar-refractivity contribution in [2.75, 3.05) is 6.61 Å². The van der Waals surface area contributed by atoms with Gasteiger partial charge in [-0.15, -0.1) is 0 Å². The molecular formula is C17H16IN5O3. The van der Waals surface area contributed by atoms with Gasteiger partial charge in [0.15, 0.2) is 5.69 Å². The molecule has 2 aromatic rings. The molecule has 2 amide bonds. The third-order valence-electron chi connectivity index (χ3n) is 4.36. The van der Waals surface area contributed by atoms with Gasteiger partial charge in [0.25, 0.3) is 5.91 Å². The number of hydrogen-bond acceptors (Lipinski definition) is 4. The monoisotopic (exact) mass is 465 g/mol. The van der Waals surface area contributed by atoms with Crippen LogP contribution in [0.1, 0.15) is 21.6 Å². The molecule has 1 unspecified atom stereocenters. The molecule has 0 radical (unpaired) electrons. The molecule has 1 atom stereocenters. The number of aliphatic hydroxyl groups excluding tert-OH is 1. The number of primary amides is 1. The second kappa shape index (κ2) is 7.43. The highest BCUT2D eigenvalue weighted by atomic mass is 127. The predicted octanol–water partition coefficient (Wildman–Crippen LogP) is 1.08. The lowest BCUT2D eigenvalue weighted by atomic mass is 10.1. The number of fused-ring (bicyclic) bond motifs is 1. The molecule has 1 aliphatic heterocycles. The molecule has 3 rings (SSSR count). The molecule has 3 N–H and O–H groups in total. The van der Waals surface area contributed by atoms with Gasteiger partial charge in [0.1, 0.15) is 3.70 Å². The average molecular weight is 465 g/mol. The molecule has 1 aromatic carbocycles. The zero-order valence-corrected chi connectivity index (χ0v) is 15.9. The minimum atomic E-state index is -0.583. The van der Waals surface area contributed by atoms with E-state index in [0.717, 1.165) is 5.56 Å². The van der Waals surface area contributed by atoms with Crippen molar-refractivity contribution in [3.05, 3.63) is 56.2 Å². The van der Waals surface area contributed by atoms with Crippen molar-refractivity contribution >= 4 is 40.1 Å². The highest BCUT2D eigenvalue weighted by molar-refractivity contribution is 14.1. The smallest absolute Gasteiger partial charge is 0.253 e. The van der Waals surface area contributed by atoms with E-state index in [-0.39, 0.29) is 25.5 Å². The van der Waals surface area contributed by atoms with Crippen molar-refractivity contribution in [2.45, 2.75) is 25.6 Å². The summed E-state index contributed by atoms with van der Waals surface area (Å²) in [4.78, 5) is 29.4. The van der Waals surface area contributed by atoms with Gasteiger partial charge in [0.2, 0.25) is 5.91 Å². The second-order valence-electron chi connectivity index (χ2n) is 5.97. The summed E-state index contributed by atoms with van der Waals surface area (Å²) in [7, 11) is 0. The van der Waals surface area contributed by atoms with Crippen LogP contribution in [-0.4, -0.2) is 44.3 Å². The van der Waals surface area contributed by atoms with E-state index in [2.05, 4.69) is 9.94 Å². The molecule has 0 saturated carbocycles. The average Bonchev–Trinajstić information content (AvgIpc) is 2.95. The largest absolute Gasteiger partial charge is 0.394 e. The first-order valence-electron chi connectivity index (χ1n) is 7.86. The van der Waals surface area contributed by atoms with Crippen LogP contribution in [0.25, 0.3) is 4.85 Å². The molecule has 0 bridgehead atoms. The minimum Gasteiger partial charge on any atom is -0.394 e. The summed E-state index contributed by atoms with van der Waals surface area (Å²) >= 11 is 1.94. The Balaban J connectivity index is 1.85. The number of halogens is 1. The summed E-state index contributed by atoms with van der Waals surface area (Å²) in [5, 5.41) is 14.0. The van der Waals surface area contributed by atoms with E-state index in [0.29, 0.717) is 27.2 Å². The van der Waals surface area contributed by atoms with Gasteiger partial charge in [-0.3, -0.25) is 14.3 Å². The number of benzene rings is 1. The number of carbonyl (C=O) groups is 2. The normalized spacial score (nSPS) is 16.0. The number of aliphatic hydroxyl groups is 1. The lowest BCUT2D eigenvalue weighted by Gasteiger charge is -2.35. The number of nitrogens with two attached hydrogens (primary N) is 1. The van der Waals surface area contributed by atoms with Crippen LogP contribution in [0.15, 0.2) is 24.3 Å². The van der Waals surface area contributed by atoms with E-state index in [9.17, 15) is 14.7 Å². The second-order valence-corrected chi connectivity index (χ2v) is 6.99. The van der Waals surface area contributed by atoms with E-state index >= 15 is 0 Å². The van der Waals surface area contributed by atoms with Crippen molar-refractivity contribution in [1.29, 1.82) is 0 Å². The first kappa shape index (κ1) is 18.3. The fraction of sp³-hybridized carbons (Fsp3) is 0.294. The van der Waals surface area contributed by atoms with Crippen LogP contribution in [-0.2, 0) is 24.3 Å². The quantitative estimate of drug-likeness (QED) is 0.521. The van der Waals surface area contributed by atoms with E-state index in [1.807, 2.05) is 22.6 Å². The Hall–Kier alpha value is -2.45. The fourth-order valence-corrected chi connectivity index (χ4v) is 3.86. The van der Waals surface area contributed by atoms with Gasteiger partial charge in [-0.05, 0) is 28.2 Å². The predicted molar refractivity (Wildman–Crippen MR) is 101 cm³/mol. The van der Waals surface area contributed by atoms with Crippen LogP contribution in [0.3, 0.4) is 0 Å². The van der Waals surface area contributed by atoms with Crippen LogP contribution in [0, 0.1) is 10.3 Å². The molecule has 1 aliphatic rings. The van der Waals surface area contributed by atoms with Crippen molar-refractivity contribution in [2.24, 2.45) is 5.73 Å². The van der Waals surface area contributed by atoms with E-state index in [1.54, 1.807) is 33.8 Å². The molecule has 134 valence electrons. The van der Waals surface area contributed by atoms with Gasteiger partial charge in [-0.2, -0.15) is 5.10 Å². The Morgan fingerprint density at radius 3 is 2.65 bits per heavy atom. The molecule has 0 aliphatic carbocycles. The van der Waals surface area contributed by atoms with Crippen LogP contribution in [0.4, 0.5) is 5.69 Å². The Bertz CT molecular complexity index is 900. The molecular weight excluding hydrogens is 449 g/mol. The van der Waals surface area contributed by atoms with Crippen molar-refractivity contribution in [3.63, 3.8) is 0 Å². The molecule has 0 saturated heterocycles. The first-order chi connectivity index (χ1) is 12.4. The number of hydrogen-bond donors (Lipinski definition) is 2. The third-order valence-corrected chi connectivity index (χ3v) is 5.11. The molecule has 9 heteroatoms. The molecule has 26 heavy (non-hydrogen) atoms. The molecule has 1 aromatic heterocycles. The fourth-order valence-electron chi connectivity index (χ4n) is 3.02. The summed E-state index contributed by atoms with van der Waals surface area (Å²) in [5.41, 5.74) is 7.65. The lowest BCUT2D eigenvalue weighted by Crippen LogP contribution is -2.49. The molecule has 8 nitrogen and oxygen atoms in total. The van der Waals surface area contributed by atoms with E-state index in [1.165, 1.54) is 0 Å². The van der Waals surface area contributed by atoms with Gasteiger partial charge < -0.3 is 15.7 Å². The van der Waals surface area contributed by atoms with Crippen molar-refractivity contribution in [1.82, 2.24) is 14.7 Å². The number of nitrogens with zero attached hydrogens (tertiary/aromatic N) is 4. The summed E-state index contributed by atoms with van der Waals surface area (Å²) in [5.74, 6) is -0.752. The zero-order chi connectivity index (χ0) is 18.8. The van der Waals surface area contributed by atoms with Crippen LogP contribution in [0.5, 0.6) is 0 Å². The molecule has 0 spiro atoms. The Labute approximate surface area is 163 Å². The van der Waals surface area contributed by atoms with E-state index in [4.69, 9.17) is 12.3 Å². The summed E-state index contributed by atoms with van der Waals surface area (Å²) < 4.78 is 2.13. The standard InChI is InChI=1S/C17H16IN5O3/c1-20-11-4-2-10(3-5-11)6-14(25)22-8-13-15(17(19)26)16(18)21-23(13)7-12(22)9-24/h2-5,12,24H,6-9H2,(H2,19,26). The Morgan fingerprint density at radius 1 is 1.38 bits per heavy atom.